The lowest BCUT2D eigenvalue weighted by molar-refractivity contribution is -0.232. The summed E-state index contributed by atoms with van der Waals surface area (Å²) in [5.41, 5.74) is 4.07. The van der Waals surface area contributed by atoms with Gasteiger partial charge in [0.1, 0.15) is 23.7 Å². The van der Waals surface area contributed by atoms with Crippen LogP contribution in [0.3, 0.4) is 0 Å². The minimum Gasteiger partial charge on any atom is -0.395 e. The minimum atomic E-state index is -4.24. The molecule has 7 rings (SSSR count). The number of hydrogen-bond acceptors (Lipinski definition) is 8. The highest BCUT2D eigenvalue weighted by atomic mass is 31.2. The second-order valence-electron chi connectivity index (χ2n) is 13.7. The van der Waals surface area contributed by atoms with Crippen LogP contribution >= 0.6 is 7.82 Å². The molecular weight excluding hydrogens is 723 g/mol. The van der Waals surface area contributed by atoms with Gasteiger partial charge in [0, 0.05) is 5.92 Å². The maximum Gasteiger partial charge on any atom is 0.587 e. The third-order valence-corrected chi connectivity index (χ3v) is 10.9. The molecule has 0 amide bonds. The Morgan fingerprint density at radius 1 is 0.411 bits per heavy atom. The van der Waals surface area contributed by atoms with Crippen molar-refractivity contribution in [1.82, 2.24) is 0 Å². The van der Waals surface area contributed by atoms with Gasteiger partial charge in [0.05, 0.1) is 45.2 Å². The highest BCUT2D eigenvalue weighted by Crippen LogP contribution is 2.51. The number of phosphoric acid groups is 1. The van der Waals surface area contributed by atoms with E-state index in [9.17, 15) is 4.57 Å². The van der Waals surface area contributed by atoms with Gasteiger partial charge in [0.25, 0.3) is 0 Å². The third-order valence-electron chi connectivity index (χ3n) is 9.54. The van der Waals surface area contributed by atoms with E-state index in [2.05, 4.69) is 0 Å². The molecule has 1 fully saturated rings. The molecule has 0 N–H and O–H groups in total. The van der Waals surface area contributed by atoms with Crippen LogP contribution in [0.25, 0.3) is 0 Å². The van der Waals surface area contributed by atoms with Crippen LogP contribution in [0.5, 0.6) is 11.5 Å². The molecule has 56 heavy (non-hydrogen) atoms. The Kier molecular flexibility index (Phi) is 14.1. The first-order valence-electron chi connectivity index (χ1n) is 19.0. The van der Waals surface area contributed by atoms with E-state index in [1.807, 2.05) is 133 Å². The average Bonchev–Trinajstić information content (AvgIpc) is 3.25. The van der Waals surface area contributed by atoms with Crippen molar-refractivity contribution in [2.45, 2.75) is 57.3 Å². The zero-order chi connectivity index (χ0) is 38.3. The van der Waals surface area contributed by atoms with Crippen molar-refractivity contribution in [3.8, 4) is 11.5 Å². The van der Waals surface area contributed by atoms with E-state index in [1.54, 1.807) is 48.5 Å². The van der Waals surface area contributed by atoms with Crippen molar-refractivity contribution in [1.29, 1.82) is 0 Å². The molecule has 8 nitrogen and oxygen atoms in total. The van der Waals surface area contributed by atoms with Gasteiger partial charge in [-0.25, -0.2) is 4.57 Å². The molecule has 1 aliphatic rings. The zero-order valence-corrected chi connectivity index (χ0v) is 32.1. The number of benzene rings is 6. The molecule has 1 saturated carbocycles. The van der Waals surface area contributed by atoms with Crippen molar-refractivity contribution in [2.75, 3.05) is 6.61 Å². The molecule has 0 unspecified atom stereocenters. The molecule has 5 atom stereocenters. The minimum absolute atomic E-state index is 0.0435. The van der Waals surface area contributed by atoms with Gasteiger partial charge in [0.15, 0.2) is 0 Å². The van der Waals surface area contributed by atoms with E-state index >= 15 is 0 Å². The van der Waals surface area contributed by atoms with Gasteiger partial charge in [-0.15, -0.1) is 0 Å². The van der Waals surface area contributed by atoms with Crippen LogP contribution in [0.2, 0.25) is 0 Å². The molecule has 288 valence electrons. The maximum absolute atomic E-state index is 14.6. The number of phosphoric ester groups is 1. The van der Waals surface area contributed by atoms with Gasteiger partial charge in [-0.2, -0.15) is 0 Å². The van der Waals surface area contributed by atoms with Gasteiger partial charge >= 0.3 is 7.82 Å². The summed E-state index contributed by atoms with van der Waals surface area (Å²) in [6.45, 7) is 1.29. The molecule has 0 spiro atoms. The van der Waals surface area contributed by atoms with Crippen molar-refractivity contribution in [3.05, 3.63) is 204 Å². The standard InChI is InChI=1S/C47H47O8P/c48-56(54-42-27-15-5-16-28-42,55-43-29-17-6-18-30-43)53-36-41-31-44(49-32-37-19-7-1-8-20-37)46(51-34-39-23-11-3-12-24-39)47(52-35-40-25-13-4-14-26-40)45(41)50-33-38-21-9-2-10-22-38/h1-30,41,44-47H,31-36H2/t41-,44-,45-,46+,47+/m1/s1. The zero-order valence-electron chi connectivity index (χ0n) is 31.2. The largest absolute Gasteiger partial charge is 0.587 e. The average molecular weight is 771 g/mol. The molecule has 0 saturated heterocycles. The van der Waals surface area contributed by atoms with Crippen molar-refractivity contribution < 1.29 is 37.1 Å². The monoisotopic (exact) mass is 770 g/mol. The third kappa shape index (κ3) is 11.5. The Morgan fingerprint density at radius 3 is 1.16 bits per heavy atom. The Hall–Kier alpha value is -5.05. The van der Waals surface area contributed by atoms with Gasteiger partial charge in [-0.3, -0.25) is 4.52 Å². The smallest absolute Gasteiger partial charge is 0.395 e. The Balaban J connectivity index is 1.23. The molecule has 6 aromatic rings. The lowest BCUT2D eigenvalue weighted by Crippen LogP contribution is -2.58. The Morgan fingerprint density at radius 2 is 0.750 bits per heavy atom. The van der Waals surface area contributed by atoms with E-state index in [0.29, 0.717) is 44.3 Å². The van der Waals surface area contributed by atoms with E-state index in [0.717, 1.165) is 22.3 Å². The lowest BCUT2D eigenvalue weighted by Gasteiger charge is -2.46. The molecule has 1 aliphatic carbocycles. The number of para-hydroxylation sites is 2. The topological polar surface area (TPSA) is 81.7 Å². The summed E-state index contributed by atoms with van der Waals surface area (Å²) in [5.74, 6) is 0.327. The normalized spacial score (nSPS) is 19.6. The fourth-order valence-electron chi connectivity index (χ4n) is 6.74. The quantitative estimate of drug-likeness (QED) is 0.0753. The Bertz CT molecular complexity index is 1990. The fraction of sp³-hybridized carbons (Fsp3) is 0.234. The van der Waals surface area contributed by atoms with Crippen LogP contribution in [-0.4, -0.2) is 31.0 Å². The summed E-state index contributed by atoms with van der Waals surface area (Å²) in [7, 11) is -4.24. The Labute approximate surface area is 329 Å². The second-order valence-corrected chi connectivity index (χ2v) is 15.2. The predicted octanol–water partition coefficient (Wildman–Crippen LogP) is 10.6. The first-order chi connectivity index (χ1) is 27.6. The molecule has 9 heteroatoms. The fourth-order valence-corrected chi connectivity index (χ4v) is 8.02. The summed E-state index contributed by atoms with van der Waals surface area (Å²) < 4.78 is 60.3. The molecule has 6 aromatic carbocycles. The summed E-state index contributed by atoms with van der Waals surface area (Å²) >= 11 is 0. The van der Waals surface area contributed by atoms with Gasteiger partial charge < -0.3 is 28.0 Å². The predicted molar refractivity (Wildman–Crippen MR) is 216 cm³/mol. The van der Waals surface area contributed by atoms with E-state index in [4.69, 9.17) is 32.5 Å². The first kappa shape index (κ1) is 39.2. The SMILES string of the molecule is O=P(OC[C@H]1C[C@@H](OCc2ccccc2)[C@H](OCc2ccccc2)[C@@H](OCc2ccccc2)[C@@H]1OCc1ccccc1)(Oc1ccccc1)Oc1ccccc1. The summed E-state index contributed by atoms with van der Waals surface area (Å²) in [5, 5.41) is 0. The van der Waals surface area contributed by atoms with Crippen LogP contribution < -0.4 is 9.05 Å². The molecule has 0 heterocycles. The molecule has 0 bridgehead atoms. The maximum atomic E-state index is 14.6. The van der Waals surface area contributed by atoms with Gasteiger partial charge in [0.2, 0.25) is 0 Å². The van der Waals surface area contributed by atoms with E-state index < -0.39 is 32.2 Å². The van der Waals surface area contributed by atoms with Crippen molar-refractivity contribution in [3.63, 3.8) is 0 Å². The van der Waals surface area contributed by atoms with Crippen molar-refractivity contribution >= 4 is 7.82 Å². The molecule has 0 aromatic heterocycles. The highest BCUT2D eigenvalue weighted by molar-refractivity contribution is 7.49. The second kappa shape index (κ2) is 20.2. The van der Waals surface area contributed by atoms with Gasteiger partial charge in [-0.05, 0) is 52.9 Å². The van der Waals surface area contributed by atoms with E-state index in [1.165, 1.54) is 0 Å². The van der Waals surface area contributed by atoms with Gasteiger partial charge in [-0.1, -0.05) is 158 Å². The van der Waals surface area contributed by atoms with Crippen LogP contribution in [0.15, 0.2) is 182 Å². The first-order valence-corrected chi connectivity index (χ1v) is 20.4. The summed E-state index contributed by atoms with van der Waals surface area (Å²) in [6.07, 6.45) is -1.72. The van der Waals surface area contributed by atoms with Crippen LogP contribution in [-0.2, 0) is 54.5 Å². The summed E-state index contributed by atoms with van der Waals surface area (Å²) in [4.78, 5) is 0. The van der Waals surface area contributed by atoms with E-state index in [-0.39, 0.29) is 12.5 Å². The molecular formula is C47H47O8P. The number of ether oxygens (including phenoxy) is 4. The molecule has 0 aliphatic heterocycles. The number of hydrogen-bond donors (Lipinski definition) is 0. The van der Waals surface area contributed by atoms with Crippen LogP contribution in [0, 0.1) is 5.92 Å². The summed E-state index contributed by atoms with van der Waals surface area (Å²) in [6, 6.07) is 57.9. The lowest BCUT2D eigenvalue weighted by atomic mass is 9.80. The van der Waals surface area contributed by atoms with Crippen LogP contribution in [0.1, 0.15) is 28.7 Å². The molecule has 0 radical (unpaired) electrons. The van der Waals surface area contributed by atoms with Crippen LogP contribution in [0.4, 0.5) is 0 Å². The highest BCUT2D eigenvalue weighted by Gasteiger charge is 2.49. The number of rotatable bonds is 19. The van der Waals surface area contributed by atoms with Crippen molar-refractivity contribution in [2.24, 2.45) is 5.92 Å².